The van der Waals surface area contributed by atoms with Crippen LogP contribution in [0.3, 0.4) is 0 Å². The van der Waals surface area contributed by atoms with Crippen molar-refractivity contribution in [2.24, 2.45) is 23.7 Å². The van der Waals surface area contributed by atoms with Crippen molar-refractivity contribution in [2.45, 2.75) is 20.3 Å². The Balaban J connectivity index is 1.55. The monoisotopic (exact) mass is 532 g/mol. The summed E-state index contributed by atoms with van der Waals surface area (Å²) in [5.41, 5.74) is 0. The molecule has 3 aliphatic carbocycles. The molecule has 2 bridgehead atoms. The fourth-order valence-corrected chi connectivity index (χ4v) is 10.6. The van der Waals surface area contributed by atoms with Crippen LogP contribution < -0.4 is 4.46 Å². The molecule has 25 heavy (non-hydrogen) atoms. The summed E-state index contributed by atoms with van der Waals surface area (Å²) in [4.78, 5) is 13.6. The van der Waals surface area contributed by atoms with Crippen LogP contribution in [0, 0.1) is 23.7 Å². The normalized spacial score (nSPS) is 46.3. The number of carbonyl (C=O) groups excluding carboxylic acids is 1. The van der Waals surface area contributed by atoms with E-state index in [1.165, 1.54) is 4.46 Å². The number of alkyl halides is 2. The summed E-state index contributed by atoms with van der Waals surface area (Å²) in [6.45, 7) is 3.41. The summed E-state index contributed by atoms with van der Waals surface area (Å²) in [7, 11) is 0. The van der Waals surface area contributed by atoms with Gasteiger partial charge in [-0.25, -0.2) is 0 Å². The van der Waals surface area contributed by atoms with Gasteiger partial charge in [-0.2, -0.15) is 0 Å². The topological polar surface area (TPSA) is 35.5 Å². The minimum atomic E-state index is -0.694. The van der Waals surface area contributed by atoms with E-state index in [9.17, 15) is 4.79 Å². The van der Waals surface area contributed by atoms with E-state index < -0.39 is 13.3 Å². The van der Waals surface area contributed by atoms with Crippen molar-refractivity contribution in [1.29, 1.82) is 0 Å². The van der Waals surface area contributed by atoms with E-state index in [2.05, 4.69) is 63.1 Å². The second kappa shape index (κ2) is 5.52. The molecule has 3 nitrogen and oxygen atoms in total. The number of carbonyl (C=O) groups is 1. The van der Waals surface area contributed by atoms with Crippen molar-refractivity contribution >= 4 is 57.1 Å². The molecule has 1 aromatic carbocycles. The van der Waals surface area contributed by atoms with E-state index in [1.807, 2.05) is 18.2 Å². The Morgan fingerprint density at radius 1 is 1.16 bits per heavy atom. The summed E-state index contributed by atoms with van der Waals surface area (Å²) in [6, 6.07) is 10.4. The van der Waals surface area contributed by atoms with E-state index in [1.54, 1.807) is 0 Å². The summed E-state index contributed by atoms with van der Waals surface area (Å²) in [5, 5.41) is 0. The molecule has 1 aromatic rings. The standard InChI is InChI=1S/C19H18Br2O3Se/c1-11-15-14(13-7-8-17(15,20)19(13)23-9-10-24-19)16(22)18(11,21)25-12-5-3-2-4-6-12/h2-8,11,13-15H,9-10H2,1H3/t11-,13+,14?,15?,17+,18-/m1/s1. The molecule has 0 N–H and O–H groups in total. The van der Waals surface area contributed by atoms with Gasteiger partial charge >= 0.3 is 171 Å². The number of ketones is 1. The van der Waals surface area contributed by atoms with Crippen LogP contribution in [0.15, 0.2) is 42.5 Å². The van der Waals surface area contributed by atoms with E-state index in [-0.39, 0.29) is 38.6 Å². The predicted molar refractivity (Wildman–Crippen MR) is 104 cm³/mol. The van der Waals surface area contributed by atoms with Gasteiger partial charge in [0.1, 0.15) is 0 Å². The van der Waals surface area contributed by atoms with Gasteiger partial charge in [0.05, 0.1) is 0 Å². The van der Waals surface area contributed by atoms with Gasteiger partial charge in [-0.1, -0.05) is 0 Å². The number of benzene rings is 1. The average molecular weight is 533 g/mol. The summed E-state index contributed by atoms with van der Waals surface area (Å²) >= 11 is 7.93. The van der Waals surface area contributed by atoms with Crippen LogP contribution in [0.2, 0.25) is 0 Å². The van der Waals surface area contributed by atoms with Crippen LogP contribution in [0.25, 0.3) is 0 Å². The number of ether oxygens (including phenoxy) is 2. The second-order valence-corrected chi connectivity index (χ2v) is 13.8. The molecule has 5 rings (SSSR count). The SMILES string of the molecule is C[C@@H]1C2C(C(=O)[C@]1(Br)[Se]c1ccccc1)[C@@H]1C=C[C@@]2(Br)C12OCCO2. The molecule has 2 saturated carbocycles. The van der Waals surface area contributed by atoms with Crippen molar-refractivity contribution < 1.29 is 14.3 Å². The zero-order valence-corrected chi connectivity index (χ0v) is 18.5. The third-order valence-electron chi connectivity index (χ3n) is 6.27. The molecule has 6 heteroatoms. The number of hydrogen-bond donors (Lipinski definition) is 0. The maximum atomic E-state index is 13.6. The molecule has 1 heterocycles. The average Bonchev–Trinajstić information content (AvgIpc) is 3.30. The van der Waals surface area contributed by atoms with Gasteiger partial charge < -0.3 is 0 Å². The van der Waals surface area contributed by atoms with Crippen LogP contribution in [0.1, 0.15) is 6.92 Å². The first-order valence-corrected chi connectivity index (χ1v) is 11.9. The van der Waals surface area contributed by atoms with E-state index in [4.69, 9.17) is 9.47 Å². The summed E-state index contributed by atoms with van der Waals surface area (Å²) < 4.78 is 12.6. The van der Waals surface area contributed by atoms with Gasteiger partial charge in [0.15, 0.2) is 0 Å². The molecule has 0 radical (unpaired) electrons. The first-order chi connectivity index (χ1) is 11.9. The Bertz CT molecular complexity index is 763. The zero-order chi connectivity index (χ0) is 17.4. The van der Waals surface area contributed by atoms with Crippen LogP contribution >= 0.6 is 31.9 Å². The molecule has 0 aromatic heterocycles. The van der Waals surface area contributed by atoms with Crippen molar-refractivity contribution in [3.8, 4) is 0 Å². The number of halogens is 2. The summed E-state index contributed by atoms with van der Waals surface area (Å²) in [6.07, 6.45) is 4.32. The van der Waals surface area contributed by atoms with Gasteiger partial charge in [-0.15, -0.1) is 0 Å². The van der Waals surface area contributed by atoms with Crippen molar-refractivity contribution in [3.63, 3.8) is 0 Å². The van der Waals surface area contributed by atoms with Gasteiger partial charge in [0, 0.05) is 0 Å². The number of fused-ring (bicyclic) bond motifs is 3. The quantitative estimate of drug-likeness (QED) is 0.334. The van der Waals surface area contributed by atoms with E-state index in [0.717, 1.165) is 0 Å². The molecule has 3 fully saturated rings. The first-order valence-electron chi connectivity index (χ1n) is 8.57. The summed E-state index contributed by atoms with van der Waals surface area (Å²) in [5.74, 6) is -0.0478. The fraction of sp³-hybridized carbons (Fsp3) is 0.526. The number of hydrogen-bond acceptors (Lipinski definition) is 3. The fourth-order valence-electron chi connectivity index (χ4n) is 5.25. The van der Waals surface area contributed by atoms with Crippen molar-refractivity contribution in [1.82, 2.24) is 0 Å². The maximum absolute atomic E-state index is 13.6. The molecule has 1 aliphatic heterocycles. The van der Waals surface area contributed by atoms with Gasteiger partial charge in [0.25, 0.3) is 0 Å². The molecule has 132 valence electrons. The number of Topliss-reactive ketones (excluding diaryl/α,β-unsaturated/α-hetero) is 1. The predicted octanol–water partition coefficient (Wildman–Crippen LogP) is 2.63. The van der Waals surface area contributed by atoms with Gasteiger partial charge in [-0.05, 0) is 0 Å². The molecule has 1 spiro atoms. The Hall–Kier alpha value is 0.0295. The molecule has 6 atom stereocenters. The zero-order valence-electron chi connectivity index (χ0n) is 13.7. The molecule has 1 saturated heterocycles. The second-order valence-electron chi connectivity index (χ2n) is 7.28. The number of rotatable bonds is 2. The van der Waals surface area contributed by atoms with Crippen molar-refractivity contribution in [3.05, 3.63) is 42.5 Å². The molecule has 0 amide bonds. The van der Waals surface area contributed by atoms with Crippen LogP contribution in [-0.4, -0.2) is 47.3 Å². The molecule has 4 aliphatic rings. The van der Waals surface area contributed by atoms with Gasteiger partial charge in [-0.3, -0.25) is 0 Å². The Morgan fingerprint density at radius 3 is 2.48 bits per heavy atom. The molecular weight excluding hydrogens is 515 g/mol. The third kappa shape index (κ3) is 1.97. The minimum absolute atomic E-state index is 0.000299. The van der Waals surface area contributed by atoms with Crippen LogP contribution in [0.4, 0.5) is 0 Å². The molecular formula is C19H18Br2O3Se. The van der Waals surface area contributed by atoms with Crippen LogP contribution in [0.5, 0.6) is 0 Å². The molecule has 2 unspecified atom stereocenters. The van der Waals surface area contributed by atoms with E-state index >= 15 is 0 Å². The third-order valence-corrected chi connectivity index (χ3v) is 12.5. The Kier molecular flexibility index (Phi) is 3.79. The first kappa shape index (κ1) is 17.1. The van der Waals surface area contributed by atoms with Gasteiger partial charge in [0.2, 0.25) is 0 Å². The van der Waals surface area contributed by atoms with E-state index in [0.29, 0.717) is 19.0 Å². The van der Waals surface area contributed by atoms with Crippen molar-refractivity contribution in [2.75, 3.05) is 13.2 Å². The Morgan fingerprint density at radius 2 is 1.84 bits per heavy atom. The Labute approximate surface area is 170 Å². The van der Waals surface area contributed by atoms with Crippen LogP contribution in [-0.2, 0) is 14.3 Å².